The van der Waals surface area contributed by atoms with E-state index in [9.17, 15) is 9.59 Å². The molecule has 1 aliphatic heterocycles. The lowest BCUT2D eigenvalue weighted by atomic mass is 10.1. The summed E-state index contributed by atoms with van der Waals surface area (Å²) in [5, 5.41) is 3.16. The lowest BCUT2D eigenvalue weighted by Crippen LogP contribution is -2.34. The van der Waals surface area contributed by atoms with E-state index in [-0.39, 0.29) is 18.4 Å². The zero-order valence-corrected chi connectivity index (χ0v) is 12.6. The van der Waals surface area contributed by atoms with Gasteiger partial charge in [0.15, 0.2) is 0 Å². The van der Waals surface area contributed by atoms with Crippen LogP contribution in [0.25, 0.3) is 0 Å². The number of carbonyl (C=O) groups excluding carboxylic acids is 2. The summed E-state index contributed by atoms with van der Waals surface area (Å²) >= 11 is 5.96. The van der Waals surface area contributed by atoms with E-state index in [1.165, 1.54) is 4.90 Å². The van der Waals surface area contributed by atoms with Crippen molar-refractivity contribution in [1.82, 2.24) is 0 Å². The number of carbonyl (C=O) groups is 2. The maximum Gasteiger partial charge on any atom is 0.260 e. The highest BCUT2D eigenvalue weighted by atomic mass is 35.5. The van der Waals surface area contributed by atoms with Crippen LogP contribution in [0, 0.1) is 0 Å². The number of nitrogens with zero attached hydrogens (tertiary/aromatic N) is 1. The van der Waals surface area contributed by atoms with Crippen LogP contribution in [-0.4, -0.2) is 25.5 Å². The van der Waals surface area contributed by atoms with Gasteiger partial charge in [-0.05, 0) is 42.5 Å². The topological polar surface area (TPSA) is 58.6 Å². The second-order valence-corrected chi connectivity index (χ2v) is 5.26. The predicted molar refractivity (Wildman–Crippen MR) is 84.8 cm³/mol. The summed E-state index contributed by atoms with van der Waals surface area (Å²) in [6, 6.07) is 11.8. The van der Waals surface area contributed by atoms with Crippen molar-refractivity contribution in [3.63, 3.8) is 0 Å². The molecule has 22 heavy (non-hydrogen) atoms. The average molecular weight is 317 g/mol. The summed E-state index contributed by atoms with van der Waals surface area (Å²) < 4.78 is 5.10. The Morgan fingerprint density at radius 3 is 2.55 bits per heavy atom. The maximum absolute atomic E-state index is 12.7. The number of anilines is 2. The molecule has 2 aromatic rings. The first-order chi connectivity index (χ1) is 10.6. The molecule has 0 bridgehead atoms. The van der Waals surface area contributed by atoms with E-state index in [1.807, 2.05) is 0 Å². The first-order valence-electron chi connectivity index (χ1n) is 6.64. The Bertz CT molecular complexity index is 744. The van der Waals surface area contributed by atoms with Crippen LogP contribution in [0.15, 0.2) is 42.5 Å². The Hall–Kier alpha value is -2.53. The zero-order chi connectivity index (χ0) is 15.7. The minimum absolute atomic E-state index is 0.0581. The number of amides is 2. The third kappa shape index (κ3) is 2.63. The molecule has 6 heteroatoms. The third-order valence-electron chi connectivity index (χ3n) is 3.42. The number of halogens is 1. The summed E-state index contributed by atoms with van der Waals surface area (Å²) in [5.41, 5.74) is 1.46. The molecule has 1 N–H and O–H groups in total. The molecule has 1 heterocycles. The smallest absolute Gasteiger partial charge is 0.260 e. The minimum Gasteiger partial charge on any atom is -0.497 e. The van der Waals surface area contributed by atoms with E-state index >= 15 is 0 Å². The van der Waals surface area contributed by atoms with Gasteiger partial charge in [-0.15, -0.1) is 0 Å². The number of hydrogen-bond donors (Lipinski definition) is 1. The molecule has 0 radical (unpaired) electrons. The van der Waals surface area contributed by atoms with Gasteiger partial charge in [0.1, 0.15) is 12.3 Å². The van der Waals surface area contributed by atoms with Crippen LogP contribution in [0.2, 0.25) is 5.02 Å². The lowest BCUT2D eigenvalue weighted by molar-refractivity contribution is -0.114. The fraction of sp³-hybridized carbons (Fsp3) is 0.125. The highest BCUT2D eigenvalue weighted by Crippen LogP contribution is 2.28. The molecule has 0 saturated heterocycles. The van der Waals surface area contributed by atoms with Gasteiger partial charge in [-0.3, -0.25) is 14.5 Å². The van der Waals surface area contributed by atoms with Gasteiger partial charge in [0.25, 0.3) is 5.91 Å². The van der Waals surface area contributed by atoms with Crippen molar-refractivity contribution >= 4 is 34.8 Å². The summed E-state index contributed by atoms with van der Waals surface area (Å²) in [6.45, 7) is -0.0581. The van der Waals surface area contributed by atoms with Crippen molar-refractivity contribution in [3.8, 4) is 5.75 Å². The van der Waals surface area contributed by atoms with Gasteiger partial charge < -0.3 is 10.1 Å². The number of methoxy groups -OCH3 is 1. The van der Waals surface area contributed by atoms with Crippen molar-refractivity contribution in [1.29, 1.82) is 0 Å². The Kier molecular flexibility index (Phi) is 3.73. The highest BCUT2D eigenvalue weighted by molar-refractivity contribution is 6.31. The van der Waals surface area contributed by atoms with Crippen molar-refractivity contribution in [2.75, 3.05) is 23.9 Å². The van der Waals surface area contributed by atoms with E-state index in [0.29, 0.717) is 27.7 Å². The molecule has 0 fully saturated rings. The van der Waals surface area contributed by atoms with Crippen molar-refractivity contribution in [3.05, 3.63) is 53.1 Å². The van der Waals surface area contributed by atoms with Gasteiger partial charge in [0.05, 0.1) is 18.4 Å². The number of nitrogens with one attached hydrogen (secondary N) is 1. The lowest BCUT2D eigenvalue weighted by Gasteiger charge is -2.20. The molecule has 1 aliphatic rings. The van der Waals surface area contributed by atoms with E-state index in [1.54, 1.807) is 49.6 Å². The normalized spacial score (nSPS) is 14.2. The van der Waals surface area contributed by atoms with Crippen LogP contribution >= 0.6 is 11.6 Å². The fourth-order valence-corrected chi connectivity index (χ4v) is 2.50. The molecule has 0 saturated carbocycles. The SMILES string of the molecule is COc1ccc(N2CC(=O)Nc3ccc(Cl)cc3C2=O)cc1. The first kappa shape index (κ1) is 14.4. The van der Waals surface area contributed by atoms with Crippen molar-refractivity contribution < 1.29 is 14.3 Å². The fourth-order valence-electron chi connectivity index (χ4n) is 2.32. The Labute approximate surface area is 132 Å². The quantitative estimate of drug-likeness (QED) is 0.926. The van der Waals surface area contributed by atoms with E-state index < -0.39 is 0 Å². The molecule has 0 unspecified atom stereocenters. The Morgan fingerprint density at radius 1 is 1.14 bits per heavy atom. The number of rotatable bonds is 2. The molecule has 2 aromatic carbocycles. The second kappa shape index (κ2) is 5.69. The van der Waals surface area contributed by atoms with Gasteiger partial charge in [-0.25, -0.2) is 0 Å². The van der Waals surface area contributed by atoms with E-state index in [0.717, 1.165) is 0 Å². The molecule has 3 rings (SSSR count). The Balaban J connectivity index is 2.04. The molecule has 0 aliphatic carbocycles. The van der Waals surface area contributed by atoms with Crippen LogP contribution in [0.3, 0.4) is 0 Å². The summed E-state index contributed by atoms with van der Waals surface area (Å²) in [7, 11) is 1.57. The minimum atomic E-state index is -0.277. The predicted octanol–water partition coefficient (Wildman–Crippen LogP) is 2.95. The molecule has 0 spiro atoms. The molecule has 112 valence electrons. The van der Waals surface area contributed by atoms with E-state index in [2.05, 4.69) is 5.32 Å². The standard InChI is InChI=1S/C16H13ClN2O3/c1-22-12-5-3-11(4-6-12)19-9-15(20)18-14-7-2-10(17)8-13(14)16(19)21/h2-8H,9H2,1H3,(H,18,20). The monoisotopic (exact) mass is 316 g/mol. The van der Waals surface area contributed by atoms with Gasteiger partial charge in [-0.1, -0.05) is 11.6 Å². The average Bonchev–Trinajstić information content (AvgIpc) is 2.65. The molecular formula is C16H13ClN2O3. The highest BCUT2D eigenvalue weighted by Gasteiger charge is 2.27. The van der Waals surface area contributed by atoms with Crippen LogP contribution in [0.5, 0.6) is 5.75 Å². The van der Waals surface area contributed by atoms with Crippen LogP contribution in [0.4, 0.5) is 11.4 Å². The van der Waals surface area contributed by atoms with Crippen LogP contribution in [0.1, 0.15) is 10.4 Å². The van der Waals surface area contributed by atoms with Gasteiger partial charge in [0, 0.05) is 10.7 Å². The van der Waals surface area contributed by atoms with Crippen LogP contribution < -0.4 is 15.0 Å². The number of fused-ring (bicyclic) bond motifs is 1. The summed E-state index contributed by atoms with van der Waals surface area (Å²) in [6.07, 6.45) is 0. The van der Waals surface area contributed by atoms with Crippen molar-refractivity contribution in [2.45, 2.75) is 0 Å². The second-order valence-electron chi connectivity index (χ2n) is 4.83. The summed E-state index contributed by atoms with van der Waals surface area (Å²) in [5.74, 6) is 0.144. The molecule has 0 atom stereocenters. The maximum atomic E-state index is 12.7. The number of benzene rings is 2. The molecular weight excluding hydrogens is 304 g/mol. The molecule has 2 amide bonds. The third-order valence-corrected chi connectivity index (χ3v) is 3.65. The first-order valence-corrected chi connectivity index (χ1v) is 7.01. The summed E-state index contributed by atoms with van der Waals surface area (Å²) in [4.78, 5) is 26.2. The Morgan fingerprint density at radius 2 is 1.86 bits per heavy atom. The van der Waals surface area contributed by atoms with Gasteiger partial charge in [-0.2, -0.15) is 0 Å². The zero-order valence-electron chi connectivity index (χ0n) is 11.8. The number of hydrogen-bond acceptors (Lipinski definition) is 3. The molecule has 5 nitrogen and oxygen atoms in total. The number of ether oxygens (including phenoxy) is 1. The van der Waals surface area contributed by atoms with E-state index in [4.69, 9.17) is 16.3 Å². The molecule has 0 aromatic heterocycles. The van der Waals surface area contributed by atoms with Crippen molar-refractivity contribution in [2.24, 2.45) is 0 Å². The van der Waals surface area contributed by atoms with Crippen LogP contribution in [-0.2, 0) is 4.79 Å². The van der Waals surface area contributed by atoms with Gasteiger partial charge in [0.2, 0.25) is 5.91 Å². The van der Waals surface area contributed by atoms with Gasteiger partial charge >= 0.3 is 0 Å². The largest absolute Gasteiger partial charge is 0.497 e.